The summed E-state index contributed by atoms with van der Waals surface area (Å²) in [6.45, 7) is 3.49. The van der Waals surface area contributed by atoms with Gasteiger partial charge < -0.3 is 10.0 Å². The fourth-order valence-corrected chi connectivity index (χ4v) is 4.20. The molecule has 0 amide bonds. The van der Waals surface area contributed by atoms with Crippen LogP contribution in [0.15, 0.2) is 59.5 Å². The summed E-state index contributed by atoms with van der Waals surface area (Å²) in [6.07, 6.45) is 3.59. The maximum absolute atomic E-state index is 9.87. The van der Waals surface area contributed by atoms with E-state index >= 15 is 0 Å². The van der Waals surface area contributed by atoms with E-state index < -0.39 is 0 Å². The molecule has 0 saturated carbocycles. The zero-order chi connectivity index (χ0) is 15.2. The standard InChI is InChI=1S/C19H23NOS.ClH/c21-18-10-4-5-11-19(18)22-17-12-14-20(15-17)13-6-9-16-7-2-1-3-8-16;/h1-5,7-8,10-11,17,21H,6,9,12-15H2;1H. The summed E-state index contributed by atoms with van der Waals surface area (Å²) < 4.78 is 0. The van der Waals surface area contributed by atoms with Crippen LogP contribution in [0.2, 0.25) is 0 Å². The molecule has 124 valence electrons. The topological polar surface area (TPSA) is 23.5 Å². The molecular weight excluding hydrogens is 326 g/mol. The summed E-state index contributed by atoms with van der Waals surface area (Å²) >= 11 is 1.82. The molecule has 2 aromatic carbocycles. The summed E-state index contributed by atoms with van der Waals surface area (Å²) in [6, 6.07) is 18.4. The Bertz CT molecular complexity index is 593. The van der Waals surface area contributed by atoms with Gasteiger partial charge in [0.05, 0.1) is 0 Å². The Kier molecular flexibility index (Phi) is 7.28. The van der Waals surface area contributed by atoms with Crippen molar-refractivity contribution in [3.05, 3.63) is 60.2 Å². The van der Waals surface area contributed by atoms with E-state index in [-0.39, 0.29) is 12.4 Å². The second-order valence-electron chi connectivity index (χ2n) is 5.89. The molecule has 1 unspecified atom stereocenters. The number of halogens is 1. The fraction of sp³-hybridized carbons (Fsp3) is 0.368. The highest BCUT2D eigenvalue weighted by atomic mass is 35.5. The van der Waals surface area contributed by atoms with Crippen molar-refractivity contribution < 1.29 is 5.11 Å². The Hall–Kier alpha value is -1.16. The maximum Gasteiger partial charge on any atom is 0.129 e. The first-order valence-electron chi connectivity index (χ1n) is 8.02. The number of rotatable bonds is 6. The molecule has 0 aromatic heterocycles. The average Bonchev–Trinajstić information content (AvgIpc) is 2.98. The Morgan fingerprint density at radius 3 is 2.57 bits per heavy atom. The van der Waals surface area contributed by atoms with Gasteiger partial charge in [-0.15, -0.1) is 24.2 Å². The lowest BCUT2D eigenvalue weighted by Gasteiger charge is -2.16. The molecule has 1 heterocycles. The van der Waals surface area contributed by atoms with Crippen molar-refractivity contribution in [1.29, 1.82) is 0 Å². The Balaban J connectivity index is 0.00000192. The minimum atomic E-state index is 0. The van der Waals surface area contributed by atoms with Gasteiger partial charge in [-0.25, -0.2) is 0 Å². The van der Waals surface area contributed by atoms with Gasteiger partial charge in [-0.1, -0.05) is 42.5 Å². The van der Waals surface area contributed by atoms with Gasteiger partial charge in [0.15, 0.2) is 0 Å². The highest BCUT2D eigenvalue weighted by Gasteiger charge is 2.23. The van der Waals surface area contributed by atoms with E-state index in [0.29, 0.717) is 11.0 Å². The maximum atomic E-state index is 9.87. The van der Waals surface area contributed by atoms with Crippen LogP contribution in [0.5, 0.6) is 5.75 Å². The zero-order valence-electron chi connectivity index (χ0n) is 13.2. The van der Waals surface area contributed by atoms with Gasteiger partial charge in [0.1, 0.15) is 5.75 Å². The third-order valence-corrected chi connectivity index (χ3v) is 5.49. The number of nitrogens with zero attached hydrogens (tertiary/aromatic N) is 1. The van der Waals surface area contributed by atoms with Crippen molar-refractivity contribution in [3.63, 3.8) is 0 Å². The number of likely N-dealkylation sites (tertiary alicyclic amines) is 1. The van der Waals surface area contributed by atoms with Crippen molar-refractivity contribution in [3.8, 4) is 5.75 Å². The third-order valence-electron chi connectivity index (χ3n) is 4.17. The van der Waals surface area contributed by atoms with E-state index in [1.807, 2.05) is 30.0 Å². The lowest BCUT2D eigenvalue weighted by molar-refractivity contribution is 0.335. The Labute approximate surface area is 149 Å². The van der Waals surface area contributed by atoms with Gasteiger partial charge in [0, 0.05) is 16.7 Å². The van der Waals surface area contributed by atoms with E-state index in [0.717, 1.165) is 17.9 Å². The van der Waals surface area contributed by atoms with E-state index in [1.54, 1.807) is 6.07 Å². The van der Waals surface area contributed by atoms with Crippen molar-refractivity contribution >= 4 is 24.2 Å². The second kappa shape index (κ2) is 9.21. The van der Waals surface area contributed by atoms with Crippen LogP contribution in [-0.2, 0) is 6.42 Å². The molecule has 2 nitrogen and oxygen atoms in total. The molecule has 2 aromatic rings. The van der Waals surface area contributed by atoms with Crippen LogP contribution in [0, 0.1) is 0 Å². The van der Waals surface area contributed by atoms with Gasteiger partial charge >= 0.3 is 0 Å². The highest BCUT2D eigenvalue weighted by Crippen LogP contribution is 2.34. The normalized spacial score (nSPS) is 17.8. The van der Waals surface area contributed by atoms with Crippen molar-refractivity contribution in [1.82, 2.24) is 4.90 Å². The smallest absolute Gasteiger partial charge is 0.129 e. The number of aromatic hydroxyl groups is 1. The lowest BCUT2D eigenvalue weighted by atomic mass is 10.1. The predicted molar refractivity (Wildman–Crippen MR) is 101 cm³/mol. The average molecular weight is 350 g/mol. The predicted octanol–water partition coefficient (Wildman–Crippen LogP) is 4.61. The zero-order valence-corrected chi connectivity index (χ0v) is 14.9. The molecule has 0 bridgehead atoms. The van der Waals surface area contributed by atoms with Crippen LogP contribution in [0.4, 0.5) is 0 Å². The number of hydrogen-bond acceptors (Lipinski definition) is 3. The van der Waals surface area contributed by atoms with Gasteiger partial charge in [-0.2, -0.15) is 0 Å². The molecular formula is C19H24ClNOS. The molecule has 1 aliphatic rings. The number of para-hydroxylation sites is 1. The quantitative estimate of drug-likeness (QED) is 0.823. The molecule has 23 heavy (non-hydrogen) atoms. The largest absolute Gasteiger partial charge is 0.507 e. The third kappa shape index (κ3) is 5.45. The first-order chi connectivity index (χ1) is 10.8. The molecule has 0 radical (unpaired) electrons. The van der Waals surface area contributed by atoms with Crippen molar-refractivity contribution in [2.75, 3.05) is 19.6 Å². The second-order valence-corrected chi connectivity index (χ2v) is 7.23. The number of benzene rings is 2. The minimum Gasteiger partial charge on any atom is -0.507 e. The summed E-state index contributed by atoms with van der Waals surface area (Å²) in [7, 11) is 0. The molecule has 0 aliphatic carbocycles. The van der Waals surface area contributed by atoms with E-state index in [4.69, 9.17) is 0 Å². The van der Waals surface area contributed by atoms with Crippen molar-refractivity contribution in [2.24, 2.45) is 0 Å². The number of phenolic OH excluding ortho intramolecular Hbond substituents is 1. The van der Waals surface area contributed by atoms with Crippen LogP contribution in [0.1, 0.15) is 18.4 Å². The summed E-state index contributed by atoms with van der Waals surface area (Å²) in [5, 5.41) is 10.5. The Morgan fingerprint density at radius 1 is 1.04 bits per heavy atom. The van der Waals surface area contributed by atoms with Gasteiger partial charge in [0.25, 0.3) is 0 Å². The minimum absolute atomic E-state index is 0. The summed E-state index contributed by atoms with van der Waals surface area (Å²) in [4.78, 5) is 3.57. The SMILES string of the molecule is Cl.Oc1ccccc1SC1CCN(CCCc2ccccc2)C1. The highest BCUT2D eigenvalue weighted by molar-refractivity contribution is 8.00. The molecule has 3 rings (SSSR count). The molecule has 1 N–H and O–H groups in total. The number of thioether (sulfide) groups is 1. The van der Waals surface area contributed by atoms with E-state index in [9.17, 15) is 5.11 Å². The van der Waals surface area contributed by atoms with Crippen molar-refractivity contribution in [2.45, 2.75) is 29.4 Å². The molecule has 1 atom stereocenters. The monoisotopic (exact) mass is 349 g/mol. The van der Waals surface area contributed by atoms with Crippen LogP contribution in [-0.4, -0.2) is 34.9 Å². The van der Waals surface area contributed by atoms with Crippen LogP contribution in [0.3, 0.4) is 0 Å². The summed E-state index contributed by atoms with van der Waals surface area (Å²) in [5.74, 6) is 0.412. The molecule has 4 heteroatoms. The van der Waals surface area contributed by atoms with Crippen LogP contribution < -0.4 is 0 Å². The molecule has 0 spiro atoms. The first-order valence-corrected chi connectivity index (χ1v) is 8.90. The molecule has 1 saturated heterocycles. The lowest BCUT2D eigenvalue weighted by Crippen LogP contribution is -2.22. The molecule has 1 aliphatic heterocycles. The first kappa shape index (κ1) is 18.2. The number of hydrogen-bond donors (Lipinski definition) is 1. The summed E-state index contributed by atoms with van der Waals surface area (Å²) in [5.41, 5.74) is 1.43. The van der Waals surface area contributed by atoms with Gasteiger partial charge in [-0.05, 0) is 50.0 Å². The van der Waals surface area contributed by atoms with Crippen LogP contribution >= 0.6 is 24.2 Å². The van der Waals surface area contributed by atoms with E-state index in [1.165, 1.54) is 31.5 Å². The number of aryl methyl sites for hydroxylation is 1. The van der Waals surface area contributed by atoms with Crippen LogP contribution in [0.25, 0.3) is 0 Å². The Morgan fingerprint density at radius 2 is 1.78 bits per heavy atom. The van der Waals surface area contributed by atoms with Gasteiger partial charge in [-0.3, -0.25) is 0 Å². The van der Waals surface area contributed by atoms with Gasteiger partial charge in [0.2, 0.25) is 0 Å². The fourth-order valence-electron chi connectivity index (χ4n) is 2.98. The van der Waals surface area contributed by atoms with E-state index in [2.05, 4.69) is 35.2 Å². The molecule has 1 fully saturated rings. The number of phenols is 1.